The van der Waals surface area contributed by atoms with Gasteiger partial charge in [-0.3, -0.25) is 0 Å². The summed E-state index contributed by atoms with van der Waals surface area (Å²) in [7, 11) is 0. The van der Waals surface area contributed by atoms with Crippen molar-refractivity contribution in [2.24, 2.45) is 0 Å². The van der Waals surface area contributed by atoms with Crippen molar-refractivity contribution in [2.45, 2.75) is 13.8 Å². The fourth-order valence-corrected chi connectivity index (χ4v) is 4.84. The van der Waals surface area contributed by atoms with Gasteiger partial charge < -0.3 is 4.74 Å². The summed E-state index contributed by atoms with van der Waals surface area (Å²) in [6.45, 7) is 4.02. The molecule has 0 unspecified atom stereocenters. The standard InChI is InChI=1S/C21H17NO2S2/c1-3-24-21(23)19-13(2)22-20(26-19)15-10-8-14(9-11-15)18-12-16-6-4-5-7-17(16)25-18/h4-12H,3H2,1-2H3. The molecule has 4 aromatic rings. The normalized spacial score (nSPS) is 11.0. The molecule has 0 fully saturated rings. The summed E-state index contributed by atoms with van der Waals surface area (Å²) in [5, 5.41) is 2.11. The highest BCUT2D eigenvalue weighted by Crippen LogP contribution is 2.35. The molecule has 0 aliphatic heterocycles. The number of thiophene rings is 1. The number of rotatable bonds is 4. The van der Waals surface area contributed by atoms with Crippen LogP contribution in [0, 0.1) is 6.92 Å². The molecule has 0 saturated carbocycles. The molecule has 4 rings (SSSR count). The summed E-state index contributed by atoms with van der Waals surface area (Å²) in [5.74, 6) is -0.296. The van der Waals surface area contributed by atoms with Crippen molar-refractivity contribution >= 4 is 38.7 Å². The van der Waals surface area contributed by atoms with Crippen molar-refractivity contribution in [1.82, 2.24) is 4.98 Å². The fraction of sp³-hybridized carbons (Fsp3) is 0.143. The summed E-state index contributed by atoms with van der Waals surface area (Å²) in [6, 6.07) is 19.0. The van der Waals surface area contributed by atoms with Gasteiger partial charge in [0.05, 0.1) is 12.3 Å². The van der Waals surface area contributed by atoms with Gasteiger partial charge in [0.15, 0.2) is 0 Å². The van der Waals surface area contributed by atoms with E-state index in [1.807, 2.05) is 13.8 Å². The van der Waals surface area contributed by atoms with Crippen LogP contribution < -0.4 is 0 Å². The zero-order valence-corrected chi connectivity index (χ0v) is 16.1. The smallest absolute Gasteiger partial charge is 0.350 e. The zero-order chi connectivity index (χ0) is 18.1. The number of hydrogen-bond donors (Lipinski definition) is 0. The van der Waals surface area contributed by atoms with Crippen LogP contribution in [0.2, 0.25) is 0 Å². The quantitative estimate of drug-likeness (QED) is 0.398. The second-order valence-electron chi connectivity index (χ2n) is 5.88. The van der Waals surface area contributed by atoms with Crippen LogP contribution in [0.3, 0.4) is 0 Å². The first-order chi connectivity index (χ1) is 12.7. The van der Waals surface area contributed by atoms with E-state index in [-0.39, 0.29) is 5.97 Å². The van der Waals surface area contributed by atoms with Gasteiger partial charge in [-0.1, -0.05) is 42.5 Å². The monoisotopic (exact) mass is 379 g/mol. The van der Waals surface area contributed by atoms with Crippen molar-refractivity contribution < 1.29 is 9.53 Å². The minimum Gasteiger partial charge on any atom is -0.462 e. The van der Waals surface area contributed by atoms with Crippen molar-refractivity contribution in [3.63, 3.8) is 0 Å². The molecule has 0 N–H and O–H groups in total. The number of esters is 1. The Morgan fingerprint density at radius 2 is 1.77 bits per heavy atom. The molecular weight excluding hydrogens is 362 g/mol. The first-order valence-corrected chi connectivity index (χ1v) is 10.0. The molecule has 130 valence electrons. The number of hydrogen-bond acceptors (Lipinski definition) is 5. The Kier molecular flexibility index (Phi) is 4.57. The van der Waals surface area contributed by atoms with Crippen LogP contribution in [0.5, 0.6) is 0 Å². The van der Waals surface area contributed by atoms with Crippen LogP contribution in [-0.2, 0) is 4.74 Å². The van der Waals surface area contributed by atoms with Crippen molar-refractivity contribution in [3.05, 3.63) is 65.2 Å². The maximum Gasteiger partial charge on any atom is 0.350 e. The Morgan fingerprint density at radius 3 is 2.50 bits per heavy atom. The lowest BCUT2D eigenvalue weighted by molar-refractivity contribution is 0.0531. The summed E-state index contributed by atoms with van der Waals surface area (Å²) >= 11 is 3.18. The van der Waals surface area contributed by atoms with Gasteiger partial charge in [-0.25, -0.2) is 9.78 Å². The van der Waals surface area contributed by atoms with Crippen LogP contribution in [0.4, 0.5) is 0 Å². The molecule has 0 amide bonds. The van der Waals surface area contributed by atoms with Crippen molar-refractivity contribution in [2.75, 3.05) is 6.61 Å². The number of nitrogens with zero attached hydrogens (tertiary/aromatic N) is 1. The van der Waals surface area contributed by atoms with Crippen molar-refractivity contribution in [1.29, 1.82) is 0 Å². The third-order valence-corrected chi connectivity index (χ3v) is 6.45. The SMILES string of the molecule is CCOC(=O)c1sc(-c2ccc(-c3cc4ccccc4s3)cc2)nc1C. The molecule has 26 heavy (non-hydrogen) atoms. The Bertz CT molecular complexity index is 1040. The molecule has 2 aromatic heterocycles. The van der Waals surface area contributed by atoms with Crippen LogP contribution in [-0.4, -0.2) is 17.6 Å². The van der Waals surface area contributed by atoms with Crippen LogP contribution >= 0.6 is 22.7 Å². The van der Waals surface area contributed by atoms with Gasteiger partial charge in [0, 0.05) is 15.1 Å². The van der Waals surface area contributed by atoms with E-state index in [0.29, 0.717) is 11.5 Å². The minimum atomic E-state index is -0.296. The Hall–Kier alpha value is -2.50. The summed E-state index contributed by atoms with van der Waals surface area (Å²) in [4.78, 5) is 18.4. The Morgan fingerprint density at radius 1 is 1.04 bits per heavy atom. The van der Waals surface area contributed by atoms with Crippen LogP contribution in [0.15, 0.2) is 54.6 Å². The number of carbonyl (C=O) groups is 1. The van der Waals surface area contributed by atoms with E-state index in [9.17, 15) is 4.79 Å². The van der Waals surface area contributed by atoms with Crippen LogP contribution in [0.1, 0.15) is 22.3 Å². The van der Waals surface area contributed by atoms with Gasteiger partial charge in [0.2, 0.25) is 0 Å². The average molecular weight is 380 g/mol. The minimum absolute atomic E-state index is 0.296. The van der Waals surface area contributed by atoms with E-state index in [1.165, 1.54) is 31.9 Å². The van der Waals surface area contributed by atoms with Crippen LogP contribution in [0.25, 0.3) is 31.1 Å². The van der Waals surface area contributed by atoms with E-state index in [2.05, 4.69) is 59.6 Å². The molecule has 0 saturated heterocycles. The van der Waals surface area contributed by atoms with Gasteiger partial charge in [-0.2, -0.15) is 0 Å². The maximum atomic E-state index is 12.0. The largest absolute Gasteiger partial charge is 0.462 e. The number of thiazole rings is 1. The summed E-state index contributed by atoms with van der Waals surface area (Å²) in [6.07, 6.45) is 0. The van der Waals surface area contributed by atoms with Gasteiger partial charge in [-0.05, 0) is 36.9 Å². The summed E-state index contributed by atoms with van der Waals surface area (Å²) < 4.78 is 6.39. The lowest BCUT2D eigenvalue weighted by Gasteiger charge is -2.00. The fourth-order valence-electron chi connectivity index (χ4n) is 2.81. The molecular formula is C21H17NO2S2. The molecule has 5 heteroatoms. The van der Waals surface area contributed by atoms with E-state index in [0.717, 1.165) is 16.3 Å². The number of benzene rings is 2. The first-order valence-electron chi connectivity index (χ1n) is 8.39. The molecule has 0 aliphatic carbocycles. The second kappa shape index (κ2) is 7.02. The third-order valence-electron chi connectivity index (χ3n) is 4.10. The van der Waals surface area contributed by atoms with E-state index < -0.39 is 0 Å². The molecule has 3 nitrogen and oxygen atoms in total. The van der Waals surface area contributed by atoms with Gasteiger partial charge in [-0.15, -0.1) is 22.7 Å². The topological polar surface area (TPSA) is 39.2 Å². The lowest BCUT2D eigenvalue weighted by Crippen LogP contribution is -2.03. The third kappa shape index (κ3) is 3.16. The molecule has 2 aromatic carbocycles. The van der Waals surface area contributed by atoms with E-state index in [1.54, 1.807) is 11.3 Å². The second-order valence-corrected chi connectivity index (χ2v) is 7.96. The molecule has 0 bridgehead atoms. The number of carbonyl (C=O) groups excluding carboxylic acids is 1. The van der Waals surface area contributed by atoms with E-state index in [4.69, 9.17) is 4.74 Å². The lowest BCUT2D eigenvalue weighted by atomic mass is 10.1. The van der Waals surface area contributed by atoms with Gasteiger partial charge in [0.25, 0.3) is 0 Å². The van der Waals surface area contributed by atoms with Crippen molar-refractivity contribution in [3.8, 4) is 21.0 Å². The number of aromatic nitrogens is 1. The van der Waals surface area contributed by atoms with Gasteiger partial charge >= 0.3 is 5.97 Å². The highest BCUT2D eigenvalue weighted by atomic mass is 32.1. The molecule has 2 heterocycles. The first kappa shape index (κ1) is 16.9. The molecule has 0 radical (unpaired) electrons. The Labute approximate surface area is 159 Å². The number of fused-ring (bicyclic) bond motifs is 1. The molecule has 0 atom stereocenters. The molecule has 0 aliphatic rings. The zero-order valence-electron chi connectivity index (χ0n) is 14.5. The predicted octanol–water partition coefficient (Wildman–Crippen LogP) is 6.18. The highest BCUT2D eigenvalue weighted by molar-refractivity contribution is 7.22. The Balaban J connectivity index is 1.64. The predicted molar refractivity (Wildman–Crippen MR) is 109 cm³/mol. The molecule has 0 spiro atoms. The van der Waals surface area contributed by atoms with Gasteiger partial charge in [0.1, 0.15) is 9.88 Å². The average Bonchev–Trinajstić information content (AvgIpc) is 3.25. The number of aryl methyl sites for hydroxylation is 1. The highest BCUT2D eigenvalue weighted by Gasteiger charge is 2.17. The van der Waals surface area contributed by atoms with E-state index >= 15 is 0 Å². The summed E-state index contributed by atoms with van der Waals surface area (Å²) in [5.41, 5.74) is 2.92. The maximum absolute atomic E-state index is 12.0. The number of ether oxygens (including phenoxy) is 1.